The van der Waals surface area contributed by atoms with Crippen molar-refractivity contribution < 1.29 is 22.0 Å². The Morgan fingerprint density at radius 2 is 1.75 bits per heavy atom. The van der Waals surface area contributed by atoms with E-state index < -0.39 is 24.4 Å². The molecule has 3 heterocycles. The summed E-state index contributed by atoms with van der Waals surface area (Å²) in [5.74, 6) is -1.01. The number of anilines is 1. The molecule has 0 radical (unpaired) electrons. The van der Waals surface area contributed by atoms with Crippen molar-refractivity contribution in [1.29, 1.82) is 0 Å². The second-order valence-corrected chi connectivity index (χ2v) is 6.62. The molecule has 3 aromatic rings. The number of hydrogen-bond donors (Lipinski definition) is 1. The van der Waals surface area contributed by atoms with Gasteiger partial charge in [0.25, 0.3) is 0 Å². The Morgan fingerprint density at radius 3 is 2.43 bits per heavy atom. The summed E-state index contributed by atoms with van der Waals surface area (Å²) < 4.78 is 64.3. The zero-order valence-corrected chi connectivity index (χ0v) is 14.6. The van der Waals surface area contributed by atoms with Crippen LogP contribution in [0.5, 0.6) is 0 Å². The van der Waals surface area contributed by atoms with Crippen molar-refractivity contribution in [1.82, 2.24) is 19.9 Å². The van der Waals surface area contributed by atoms with Crippen LogP contribution in [0.3, 0.4) is 0 Å². The van der Waals surface area contributed by atoms with Gasteiger partial charge in [-0.1, -0.05) is 0 Å². The average molecular weight is 397 g/mol. The maximum Gasteiger partial charge on any atom is 0.401 e. The number of rotatable bonds is 3. The van der Waals surface area contributed by atoms with Gasteiger partial charge >= 0.3 is 6.18 Å². The zero-order chi connectivity index (χ0) is 19.9. The van der Waals surface area contributed by atoms with Crippen LogP contribution in [0.2, 0.25) is 0 Å². The van der Waals surface area contributed by atoms with Crippen LogP contribution in [-0.4, -0.2) is 58.8 Å². The summed E-state index contributed by atoms with van der Waals surface area (Å²) in [7, 11) is 0. The molecule has 0 atom stereocenters. The first-order chi connectivity index (χ1) is 13.3. The average Bonchev–Trinajstić information content (AvgIpc) is 3.07. The van der Waals surface area contributed by atoms with E-state index in [1.165, 1.54) is 11.0 Å². The second kappa shape index (κ2) is 7.01. The largest absolute Gasteiger partial charge is 0.401 e. The van der Waals surface area contributed by atoms with Crippen LogP contribution in [-0.2, 0) is 0 Å². The molecular formula is C18H16F5N5. The number of pyridine rings is 1. The predicted molar refractivity (Wildman–Crippen MR) is 93.9 cm³/mol. The highest BCUT2D eigenvalue weighted by molar-refractivity contribution is 5.88. The van der Waals surface area contributed by atoms with Gasteiger partial charge in [0.05, 0.1) is 12.1 Å². The van der Waals surface area contributed by atoms with Crippen molar-refractivity contribution >= 4 is 16.9 Å². The van der Waals surface area contributed by atoms with Gasteiger partial charge in [0.2, 0.25) is 0 Å². The maximum absolute atomic E-state index is 13.5. The van der Waals surface area contributed by atoms with Gasteiger partial charge in [-0.3, -0.25) is 4.90 Å². The number of fused-ring (bicyclic) bond motifs is 1. The van der Waals surface area contributed by atoms with Crippen molar-refractivity contribution in [3.05, 3.63) is 42.1 Å². The SMILES string of the molecule is Fc1ccc(-c2nc3c(N4CCN(CC(F)(F)F)CC4)nccc3[nH]2)cc1F. The van der Waals surface area contributed by atoms with E-state index in [0.29, 0.717) is 41.3 Å². The highest BCUT2D eigenvalue weighted by Crippen LogP contribution is 2.28. The molecule has 2 aromatic heterocycles. The minimum absolute atomic E-state index is 0.262. The van der Waals surface area contributed by atoms with Gasteiger partial charge in [0, 0.05) is 37.9 Å². The maximum atomic E-state index is 13.5. The number of halogens is 5. The molecule has 1 saturated heterocycles. The van der Waals surface area contributed by atoms with E-state index >= 15 is 0 Å². The number of hydrogen-bond acceptors (Lipinski definition) is 4. The number of piperazine rings is 1. The van der Waals surface area contributed by atoms with E-state index in [9.17, 15) is 22.0 Å². The Hall–Kier alpha value is -2.75. The monoisotopic (exact) mass is 397 g/mol. The van der Waals surface area contributed by atoms with Crippen LogP contribution in [0.1, 0.15) is 0 Å². The summed E-state index contributed by atoms with van der Waals surface area (Å²) in [6.45, 7) is 0.363. The summed E-state index contributed by atoms with van der Waals surface area (Å²) in [5, 5.41) is 0. The molecule has 10 heteroatoms. The summed E-state index contributed by atoms with van der Waals surface area (Å²) in [6.07, 6.45) is -2.64. The molecule has 148 valence electrons. The van der Waals surface area contributed by atoms with Crippen molar-refractivity contribution in [3.8, 4) is 11.4 Å². The Bertz CT molecular complexity index is 992. The zero-order valence-electron chi connectivity index (χ0n) is 14.6. The molecular weight excluding hydrogens is 381 g/mol. The smallest absolute Gasteiger partial charge is 0.352 e. The third-order valence-corrected chi connectivity index (χ3v) is 4.65. The number of benzene rings is 1. The number of H-pyrrole nitrogens is 1. The molecule has 0 aliphatic carbocycles. The van der Waals surface area contributed by atoms with E-state index in [1.807, 2.05) is 4.90 Å². The van der Waals surface area contributed by atoms with Gasteiger partial charge in [-0.05, 0) is 24.3 Å². The summed E-state index contributed by atoms with van der Waals surface area (Å²) in [5.41, 5.74) is 1.57. The number of aromatic nitrogens is 3. The highest BCUT2D eigenvalue weighted by Gasteiger charge is 2.32. The molecule has 28 heavy (non-hydrogen) atoms. The van der Waals surface area contributed by atoms with E-state index in [0.717, 1.165) is 12.1 Å². The highest BCUT2D eigenvalue weighted by atomic mass is 19.4. The normalized spacial score (nSPS) is 16.1. The van der Waals surface area contributed by atoms with Crippen molar-refractivity contribution in [3.63, 3.8) is 0 Å². The minimum Gasteiger partial charge on any atom is -0.352 e. The molecule has 0 saturated carbocycles. The van der Waals surface area contributed by atoms with Gasteiger partial charge in [-0.15, -0.1) is 0 Å². The number of nitrogens with one attached hydrogen (secondary N) is 1. The van der Waals surface area contributed by atoms with E-state index in [-0.39, 0.29) is 13.1 Å². The van der Waals surface area contributed by atoms with Crippen LogP contribution in [0, 0.1) is 11.6 Å². The third kappa shape index (κ3) is 3.77. The first-order valence-electron chi connectivity index (χ1n) is 8.64. The van der Waals surface area contributed by atoms with Crippen LogP contribution in [0.15, 0.2) is 30.5 Å². The lowest BCUT2D eigenvalue weighted by molar-refractivity contribution is -0.146. The van der Waals surface area contributed by atoms with Gasteiger partial charge in [-0.25, -0.2) is 18.7 Å². The quantitative estimate of drug-likeness (QED) is 0.687. The van der Waals surface area contributed by atoms with Gasteiger partial charge in [0.15, 0.2) is 17.5 Å². The Kier molecular flexibility index (Phi) is 4.66. The molecule has 1 aliphatic rings. The molecule has 0 unspecified atom stereocenters. The Labute approximate surface area is 156 Å². The lowest BCUT2D eigenvalue weighted by Crippen LogP contribution is -2.49. The third-order valence-electron chi connectivity index (χ3n) is 4.65. The van der Waals surface area contributed by atoms with Crippen LogP contribution in [0.4, 0.5) is 27.8 Å². The van der Waals surface area contributed by atoms with Crippen LogP contribution >= 0.6 is 0 Å². The molecule has 1 aromatic carbocycles. The van der Waals surface area contributed by atoms with E-state index in [1.54, 1.807) is 12.3 Å². The first-order valence-corrected chi connectivity index (χ1v) is 8.64. The molecule has 1 fully saturated rings. The van der Waals surface area contributed by atoms with Gasteiger partial charge in [0.1, 0.15) is 11.3 Å². The first kappa shape index (κ1) is 18.6. The summed E-state index contributed by atoms with van der Waals surface area (Å²) in [6, 6.07) is 5.20. The van der Waals surface area contributed by atoms with Gasteiger partial charge in [-0.2, -0.15) is 13.2 Å². The lowest BCUT2D eigenvalue weighted by atomic mass is 10.2. The molecule has 0 bridgehead atoms. The Morgan fingerprint density at radius 1 is 1.00 bits per heavy atom. The second-order valence-electron chi connectivity index (χ2n) is 6.62. The van der Waals surface area contributed by atoms with Crippen LogP contribution in [0.25, 0.3) is 22.4 Å². The van der Waals surface area contributed by atoms with Crippen LogP contribution < -0.4 is 4.90 Å². The number of alkyl halides is 3. The minimum atomic E-state index is -4.22. The molecule has 0 amide bonds. The van der Waals surface area contributed by atoms with E-state index in [2.05, 4.69) is 15.0 Å². The standard InChI is InChI=1S/C18H16F5N5/c19-12-2-1-11(9-13(12)20)16-25-14-3-4-24-17(15(14)26-16)28-7-5-27(6-8-28)10-18(21,22)23/h1-4,9H,5-8,10H2,(H,25,26). The fourth-order valence-electron chi connectivity index (χ4n) is 3.30. The summed E-state index contributed by atoms with van der Waals surface area (Å²) >= 11 is 0. The van der Waals surface area contributed by atoms with Gasteiger partial charge < -0.3 is 9.88 Å². The van der Waals surface area contributed by atoms with E-state index in [4.69, 9.17) is 0 Å². The molecule has 0 spiro atoms. The molecule has 5 nitrogen and oxygen atoms in total. The van der Waals surface area contributed by atoms with Crippen molar-refractivity contribution in [2.45, 2.75) is 6.18 Å². The molecule has 4 rings (SSSR count). The Balaban J connectivity index is 1.59. The fourth-order valence-corrected chi connectivity index (χ4v) is 3.30. The number of aromatic amines is 1. The molecule has 1 aliphatic heterocycles. The lowest BCUT2D eigenvalue weighted by Gasteiger charge is -2.35. The summed E-state index contributed by atoms with van der Waals surface area (Å²) in [4.78, 5) is 15.1. The predicted octanol–water partition coefficient (Wildman–Crippen LogP) is 3.59. The van der Waals surface area contributed by atoms with Crippen molar-refractivity contribution in [2.24, 2.45) is 0 Å². The number of imidazole rings is 1. The number of nitrogens with zero attached hydrogens (tertiary/aromatic N) is 4. The molecule has 1 N–H and O–H groups in total. The fraction of sp³-hybridized carbons (Fsp3) is 0.333. The topological polar surface area (TPSA) is 48.1 Å². The van der Waals surface area contributed by atoms with Crippen molar-refractivity contribution in [2.75, 3.05) is 37.6 Å².